The zero-order valence-electron chi connectivity index (χ0n) is 14.2. The largest absolute Gasteiger partial charge is 0.494 e. The van der Waals surface area contributed by atoms with Gasteiger partial charge in [-0.1, -0.05) is 26.0 Å². The van der Waals surface area contributed by atoms with Crippen LogP contribution in [0.2, 0.25) is 0 Å². The molecule has 1 aromatic rings. The first-order valence-electron chi connectivity index (χ1n) is 8.12. The van der Waals surface area contributed by atoms with Crippen molar-refractivity contribution in [2.24, 2.45) is 0 Å². The monoisotopic (exact) mass is 293 g/mol. The molecule has 1 rings (SSSR count). The average molecular weight is 293 g/mol. The Kier molecular flexibility index (Phi) is 7.76. The van der Waals surface area contributed by atoms with E-state index < -0.39 is 0 Å². The highest BCUT2D eigenvalue weighted by Gasteiger charge is 2.19. The molecule has 0 aliphatic carbocycles. The molecule has 0 saturated carbocycles. The number of nitrogens with one attached hydrogen (secondary N) is 1. The van der Waals surface area contributed by atoms with E-state index in [2.05, 4.69) is 45.1 Å². The van der Waals surface area contributed by atoms with Crippen molar-refractivity contribution >= 4 is 0 Å². The maximum Gasteiger partial charge on any atom is 0.119 e. The van der Waals surface area contributed by atoms with Crippen LogP contribution in [-0.2, 0) is 4.74 Å². The summed E-state index contributed by atoms with van der Waals surface area (Å²) in [6, 6.07) is 8.54. The van der Waals surface area contributed by atoms with Crippen LogP contribution in [0.3, 0.4) is 0 Å². The lowest BCUT2D eigenvalue weighted by Crippen LogP contribution is -2.32. The van der Waals surface area contributed by atoms with Crippen LogP contribution in [0.5, 0.6) is 5.75 Å². The molecule has 0 radical (unpaired) electrons. The van der Waals surface area contributed by atoms with Gasteiger partial charge in [0.15, 0.2) is 0 Å². The number of benzene rings is 1. The SMILES string of the molecule is CCCNC(COC(C)(C)CC)c1ccc(OCC)cc1. The molecule has 1 atom stereocenters. The molecule has 0 spiro atoms. The van der Waals surface area contributed by atoms with Crippen molar-refractivity contribution in [1.29, 1.82) is 0 Å². The van der Waals surface area contributed by atoms with Crippen LogP contribution in [0.15, 0.2) is 24.3 Å². The molecule has 0 aliphatic rings. The second-order valence-electron chi connectivity index (χ2n) is 5.93. The molecule has 0 aliphatic heterocycles. The van der Waals surface area contributed by atoms with Gasteiger partial charge in [-0.05, 0) is 57.9 Å². The van der Waals surface area contributed by atoms with Crippen molar-refractivity contribution in [3.63, 3.8) is 0 Å². The standard InChI is InChI=1S/C18H31NO2/c1-6-13-19-17(14-21-18(4,5)7-2)15-9-11-16(12-10-15)20-8-3/h9-12,17,19H,6-8,13-14H2,1-5H3. The molecule has 120 valence electrons. The van der Waals surface area contributed by atoms with Crippen LogP contribution in [0.4, 0.5) is 0 Å². The van der Waals surface area contributed by atoms with Gasteiger partial charge in [0.2, 0.25) is 0 Å². The summed E-state index contributed by atoms with van der Waals surface area (Å²) in [5.74, 6) is 0.922. The first kappa shape index (κ1) is 18.0. The van der Waals surface area contributed by atoms with Gasteiger partial charge in [0, 0.05) is 0 Å². The minimum atomic E-state index is -0.0720. The van der Waals surface area contributed by atoms with Gasteiger partial charge < -0.3 is 14.8 Å². The van der Waals surface area contributed by atoms with E-state index >= 15 is 0 Å². The minimum absolute atomic E-state index is 0.0720. The Hall–Kier alpha value is -1.06. The van der Waals surface area contributed by atoms with Crippen molar-refractivity contribution in [1.82, 2.24) is 5.32 Å². The molecule has 0 bridgehead atoms. The number of rotatable bonds is 10. The molecule has 0 saturated heterocycles. The van der Waals surface area contributed by atoms with Gasteiger partial charge in [0.05, 0.1) is 24.9 Å². The van der Waals surface area contributed by atoms with E-state index in [0.29, 0.717) is 13.2 Å². The van der Waals surface area contributed by atoms with Crippen LogP contribution in [0.25, 0.3) is 0 Å². The average Bonchev–Trinajstić information content (AvgIpc) is 2.49. The van der Waals surface area contributed by atoms with Gasteiger partial charge >= 0.3 is 0 Å². The number of hydrogen-bond acceptors (Lipinski definition) is 3. The van der Waals surface area contributed by atoms with E-state index in [9.17, 15) is 0 Å². The van der Waals surface area contributed by atoms with Crippen LogP contribution < -0.4 is 10.1 Å². The molecular formula is C18H31NO2. The first-order valence-corrected chi connectivity index (χ1v) is 8.12. The topological polar surface area (TPSA) is 30.5 Å². The Morgan fingerprint density at radius 3 is 2.29 bits per heavy atom. The first-order chi connectivity index (χ1) is 10.0. The van der Waals surface area contributed by atoms with Crippen LogP contribution in [0, 0.1) is 0 Å². The zero-order chi connectivity index (χ0) is 15.7. The van der Waals surface area contributed by atoms with Crippen molar-refractivity contribution in [2.75, 3.05) is 19.8 Å². The lowest BCUT2D eigenvalue weighted by atomic mass is 10.0. The van der Waals surface area contributed by atoms with Gasteiger partial charge in [-0.2, -0.15) is 0 Å². The van der Waals surface area contributed by atoms with E-state index in [4.69, 9.17) is 9.47 Å². The molecule has 0 amide bonds. The zero-order valence-corrected chi connectivity index (χ0v) is 14.2. The molecular weight excluding hydrogens is 262 g/mol. The fourth-order valence-electron chi connectivity index (χ4n) is 1.97. The van der Waals surface area contributed by atoms with Gasteiger partial charge in [-0.25, -0.2) is 0 Å². The van der Waals surface area contributed by atoms with Gasteiger partial charge in [0.25, 0.3) is 0 Å². The lowest BCUT2D eigenvalue weighted by Gasteiger charge is -2.28. The molecule has 0 heterocycles. The summed E-state index contributed by atoms with van der Waals surface area (Å²) in [4.78, 5) is 0. The van der Waals surface area contributed by atoms with Crippen LogP contribution >= 0.6 is 0 Å². The van der Waals surface area contributed by atoms with E-state index in [0.717, 1.165) is 25.1 Å². The summed E-state index contributed by atoms with van der Waals surface area (Å²) in [5.41, 5.74) is 1.18. The summed E-state index contributed by atoms with van der Waals surface area (Å²) in [6.07, 6.45) is 2.13. The molecule has 1 unspecified atom stereocenters. The Morgan fingerprint density at radius 1 is 1.10 bits per heavy atom. The Balaban J connectivity index is 2.71. The van der Waals surface area contributed by atoms with E-state index in [-0.39, 0.29) is 11.6 Å². The third-order valence-electron chi connectivity index (χ3n) is 3.73. The molecule has 1 N–H and O–H groups in total. The van der Waals surface area contributed by atoms with E-state index in [1.54, 1.807) is 0 Å². The summed E-state index contributed by atoms with van der Waals surface area (Å²) in [6.45, 7) is 13.0. The van der Waals surface area contributed by atoms with Crippen LogP contribution in [-0.4, -0.2) is 25.4 Å². The summed E-state index contributed by atoms with van der Waals surface area (Å²) < 4.78 is 11.6. The molecule has 1 aromatic carbocycles. The molecule has 0 fully saturated rings. The predicted octanol–water partition coefficient (Wildman–Crippen LogP) is 4.33. The summed E-state index contributed by atoms with van der Waals surface area (Å²) in [7, 11) is 0. The van der Waals surface area contributed by atoms with Crippen molar-refractivity contribution in [2.45, 2.75) is 59.1 Å². The Morgan fingerprint density at radius 2 is 1.76 bits per heavy atom. The maximum absolute atomic E-state index is 6.08. The third-order valence-corrected chi connectivity index (χ3v) is 3.73. The fourth-order valence-corrected chi connectivity index (χ4v) is 1.97. The fraction of sp³-hybridized carbons (Fsp3) is 0.667. The van der Waals surface area contributed by atoms with Crippen molar-refractivity contribution < 1.29 is 9.47 Å². The summed E-state index contributed by atoms with van der Waals surface area (Å²) >= 11 is 0. The lowest BCUT2D eigenvalue weighted by molar-refractivity contribution is -0.0307. The second-order valence-corrected chi connectivity index (χ2v) is 5.93. The van der Waals surface area contributed by atoms with Crippen molar-refractivity contribution in [3.8, 4) is 5.75 Å². The predicted molar refractivity (Wildman–Crippen MR) is 89.0 cm³/mol. The summed E-state index contributed by atoms with van der Waals surface area (Å²) in [5, 5.41) is 3.57. The van der Waals surface area contributed by atoms with Gasteiger partial charge in [-0.15, -0.1) is 0 Å². The highest BCUT2D eigenvalue weighted by atomic mass is 16.5. The third kappa shape index (κ3) is 6.49. The molecule has 3 heteroatoms. The molecule has 0 aromatic heterocycles. The molecule has 3 nitrogen and oxygen atoms in total. The van der Waals surface area contributed by atoms with E-state index in [1.165, 1.54) is 5.56 Å². The smallest absolute Gasteiger partial charge is 0.119 e. The number of ether oxygens (including phenoxy) is 2. The molecule has 21 heavy (non-hydrogen) atoms. The maximum atomic E-state index is 6.08. The Labute approximate surface area is 130 Å². The Bertz CT molecular complexity index is 387. The van der Waals surface area contributed by atoms with E-state index in [1.807, 2.05) is 19.1 Å². The van der Waals surface area contributed by atoms with Gasteiger partial charge in [-0.3, -0.25) is 0 Å². The quantitative estimate of drug-likeness (QED) is 0.696. The second kappa shape index (κ2) is 9.06. The van der Waals surface area contributed by atoms with Crippen molar-refractivity contribution in [3.05, 3.63) is 29.8 Å². The minimum Gasteiger partial charge on any atom is -0.494 e. The normalized spacial score (nSPS) is 13.2. The highest BCUT2D eigenvalue weighted by Crippen LogP contribution is 2.21. The number of hydrogen-bond donors (Lipinski definition) is 1. The highest BCUT2D eigenvalue weighted by molar-refractivity contribution is 5.29. The van der Waals surface area contributed by atoms with Crippen LogP contribution in [0.1, 0.15) is 59.1 Å². The van der Waals surface area contributed by atoms with Gasteiger partial charge in [0.1, 0.15) is 5.75 Å².